The van der Waals surface area contributed by atoms with Gasteiger partial charge < -0.3 is 4.42 Å². The third kappa shape index (κ3) is 2.00. The van der Waals surface area contributed by atoms with Crippen molar-refractivity contribution in [2.75, 3.05) is 0 Å². The molecule has 0 fully saturated rings. The summed E-state index contributed by atoms with van der Waals surface area (Å²) < 4.78 is 43.9. The maximum absolute atomic E-state index is 13.4. The highest BCUT2D eigenvalue weighted by Crippen LogP contribution is 2.23. The minimum absolute atomic E-state index is 0.0370. The van der Waals surface area contributed by atoms with Crippen molar-refractivity contribution >= 4 is 21.7 Å². The van der Waals surface area contributed by atoms with Crippen molar-refractivity contribution in [3.05, 3.63) is 57.7 Å². The molecule has 1 heterocycles. The van der Waals surface area contributed by atoms with E-state index in [1.807, 2.05) is 0 Å². The van der Waals surface area contributed by atoms with Gasteiger partial charge in [-0.3, -0.25) is 4.79 Å². The number of ketones is 1. The molecule has 0 atom stereocenters. The average Bonchev–Trinajstić information content (AvgIpc) is 2.72. The first-order valence-electron chi connectivity index (χ1n) is 4.43. The average molecular weight is 305 g/mol. The van der Waals surface area contributed by atoms with Crippen molar-refractivity contribution in [3.8, 4) is 0 Å². The van der Waals surface area contributed by atoms with Gasteiger partial charge >= 0.3 is 0 Å². The molecule has 1 aromatic carbocycles. The van der Waals surface area contributed by atoms with Crippen LogP contribution < -0.4 is 0 Å². The Morgan fingerprint density at radius 2 is 1.76 bits per heavy atom. The zero-order chi connectivity index (χ0) is 12.6. The van der Waals surface area contributed by atoms with Gasteiger partial charge in [-0.05, 0) is 34.1 Å². The van der Waals surface area contributed by atoms with E-state index in [1.165, 1.54) is 12.3 Å². The van der Waals surface area contributed by atoms with Gasteiger partial charge in [0, 0.05) is 0 Å². The minimum Gasteiger partial charge on any atom is -0.457 e. The van der Waals surface area contributed by atoms with Crippen LogP contribution >= 0.6 is 15.9 Å². The molecule has 2 rings (SSSR count). The van der Waals surface area contributed by atoms with E-state index in [1.54, 1.807) is 0 Å². The molecule has 0 saturated carbocycles. The number of carbonyl (C=O) groups excluding carboxylic acids is 1. The Labute approximate surface area is 102 Å². The zero-order valence-corrected chi connectivity index (χ0v) is 9.72. The first-order chi connectivity index (χ1) is 8.02. The Balaban J connectivity index is 2.53. The molecule has 0 amide bonds. The van der Waals surface area contributed by atoms with Crippen molar-refractivity contribution in [2.24, 2.45) is 0 Å². The quantitative estimate of drug-likeness (QED) is 0.626. The summed E-state index contributed by atoms with van der Waals surface area (Å²) in [6.45, 7) is 0. The fraction of sp³-hybridized carbons (Fsp3) is 0. The molecule has 17 heavy (non-hydrogen) atoms. The van der Waals surface area contributed by atoms with Gasteiger partial charge in [-0.15, -0.1) is 0 Å². The first-order valence-corrected chi connectivity index (χ1v) is 5.23. The second-order valence-electron chi connectivity index (χ2n) is 3.16. The van der Waals surface area contributed by atoms with Gasteiger partial charge in [0.15, 0.2) is 22.1 Å². The van der Waals surface area contributed by atoms with Crippen LogP contribution in [0.3, 0.4) is 0 Å². The monoisotopic (exact) mass is 304 g/mol. The lowest BCUT2D eigenvalue weighted by atomic mass is 10.1. The maximum Gasteiger partial charge on any atom is 0.200 e. The second-order valence-corrected chi connectivity index (χ2v) is 3.88. The van der Waals surface area contributed by atoms with Gasteiger partial charge in [0.2, 0.25) is 5.78 Å². The van der Waals surface area contributed by atoms with Crippen molar-refractivity contribution in [1.29, 1.82) is 0 Å². The predicted octanol–water partition coefficient (Wildman–Crippen LogP) is 3.69. The van der Waals surface area contributed by atoms with E-state index in [9.17, 15) is 18.0 Å². The van der Waals surface area contributed by atoms with Crippen LogP contribution in [-0.4, -0.2) is 5.78 Å². The molecule has 0 bridgehead atoms. The van der Waals surface area contributed by atoms with Crippen LogP contribution in [0.5, 0.6) is 0 Å². The topological polar surface area (TPSA) is 30.2 Å². The summed E-state index contributed by atoms with van der Waals surface area (Å²) in [6, 6.07) is 2.88. The number of hydrogen-bond acceptors (Lipinski definition) is 2. The number of furan rings is 1. The van der Waals surface area contributed by atoms with Gasteiger partial charge in [-0.1, -0.05) is 0 Å². The van der Waals surface area contributed by atoms with Crippen molar-refractivity contribution in [1.82, 2.24) is 0 Å². The third-order valence-electron chi connectivity index (χ3n) is 2.14. The molecule has 0 aliphatic carbocycles. The predicted molar refractivity (Wildman–Crippen MR) is 56.2 cm³/mol. The summed E-state index contributed by atoms with van der Waals surface area (Å²) in [7, 11) is 0. The van der Waals surface area contributed by atoms with Gasteiger partial charge in [-0.25, -0.2) is 13.2 Å². The molecule has 1 aromatic heterocycles. The Bertz CT molecular complexity index is 592. The van der Waals surface area contributed by atoms with Crippen LogP contribution in [0.2, 0.25) is 0 Å². The van der Waals surface area contributed by atoms with Crippen LogP contribution in [0.1, 0.15) is 15.9 Å². The van der Waals surface area contributed by atoms with Crippen LogP contribution in [0.4, 0.5) is 13.2 Å². The Morgan fingerprint density at radius 1 is 1.06 bits per heavy atom. The Hall–Kier alpha value is -1.56. The van der Waals surface area contributed by atoms with Crippen LogP contribution in [0.25, 0.3) is 0 Å². The van der Waals surface area contributed by atoms with Crippen molar-refractivity contribution in [2.45, 2.75) is 0 Å². The number of carbonyl (C=O) groups is 1. The summed E-state index contributed by atoms with van der Waals surface area (Å²) in [5, 5.41) is 0. The molecule has 88 valence electrons. The summed E-state index contributed by atoms with van der Waals surface area (Å²) in [5.41, 5.74) is -0.513. The Morgan fingerprint density at radius 3 is 2.35 bits per heavy atom. The lowest BCUT2D eigenvalue weighted by Gasteiger charge is -2.02. The summed E-state index contributed by atoms with van der Waals surface area (Å²) in [5.74, 6) is -5.31. The van der Waals surface area contributed by atoms with E-state index in [-0.39, 0.29) is 10.2 Å². The van der Waals surface area contributed by atoms with Gasteiger partial charge in [-0.2, -0.15) is 0 Å². The molecule has 0 spiro atoms. The van der Waals surface area contributed by atoms with Crippen LogP contribution in [0.15, 0.2) is 33.5 Å². The summed E-state index contributed by atoms with van der Waals surface area (Å²) in [4.78, 5) is 11.8. The van der Waals surface area contributed by atoms with Gasteiger partial charge in [0.1, 0.15) is 0 Å². The minimum atomic E-state index is -1.67. The SMILES string of the molecule is O=C(c1ccoc1Br)c1ccc(F)c(F)c1F. The highest BCUT2D eigenvalue weighted by atomic mass is 79.9. The molecule has 0 unspecified atom stereocenters. The smallest absolute Gasteiger partial charge is 0.200 e. The largest absolute Gasteiger partial charge is 0.457 e. The first kappa shape index (κ1) is 11.9. The Kier molecular flexibility index (Phi) is 3.06. The van der Waals surface area contributed by atoms with Gasteiger partial charge in [0.25, 0.3) is 0 Å². The molecule has 0 radical (unpaired) electrons. The molecule has 6 heteroatoms. The van der Waals surface area contributed by atoms with E-state index >= 15 is 0 Å². The molecular weight excluding hydrogens is 301 g/mol. The molecular formula is C11H4BrF3O2. The number of hydrogen-bond donors (Lipinski definition) is 0. The third-order valence-corrected chi connectivity index (χ3v) is 2.76. The molecule has 2 aromatic rings. The number of rotatable bonds is 2. The van der Waals surface area contributed by atoms with E-state index in [0.717, 1.165) is 6.07 Å². The fourth-order valence-electron chi connectivity index (χ4n) is 1.30. The lowest BCUT2D eigenvalue weighted by molar-refractivity contribution is 0.103. The molecule has 0 aliphatic rings. The zero-order valence-electron chi connectivity index (χ0n) is 8.14. The van der Waals surface area contributed by atoms with Crippen molar-refractivity contribution < 1.29 is 22.4 Å². The molecule has 0 saturated heterocycles. The van der Waals surface area contributed by atoms with Crippen LogP contribution in [0, 0.1) is 17.5 Å². The van der Waals surface area contributed by atoms with Gasteiger partial charge in [0.05, 0.1) is 17.4 Å². The number of halogens is 4. The number of benzene rings is 1. The van der Waals surface area contributed by atoms with E-state index in [0.29, 0.717) is 6.07 Å². The maximum atomic E-state index is 13.4. The summed E-state index contributed by atoms with van der Waals surface area (Å²) in [6.07, 6.45) is 1.22. The van der Waals surface area contributed by atoms with E-state index in [4.69, 9.17) is 4.42 Å². The highest BCUT2D eigenvalue weighted by molar-refractivity contribution is 9.10. The van der Waals surface area contributed by atoms with E-state index < -0.39 is 28.8 Å². The van der Waals surface area contributed by atoms with E-state index in [2.05, 4.69) is 15.9 Å². The standard InChI is InChI=1S/C11H4BrF3O2/c12-11-6(3-4-17-11)10(16)5-1-2-7(13)9(15)8(5)14/h1-4H. The van der Waals surface area contributed by atoms with Crippen molar-refractivity contribution in [3.63, 3.8) is 0 Å². The molecule has 0 N–H and O–H groups in total. The highest BCUT2D eigenvalue weighted by Gasteiger charge is 2.22. The summed E-state index contributed by atoms with van der Waals surface area (Å²) >= 11 is 2.94. The molecule has 2 nitrogen and oxygen atoms in total. The second kappa shape index (κ2) is 4.37. The van der Waals surface area contributed by atoms with Crippen LogP contribution in [-0.2, 0) is 0 Å². The lowest BCUT2D eigenvalue weighted by Crippen LogP contribution is -2.06. The normalized spacial score (nSPS) is 10.6. The molecule has 0 aliphatic heterocycles. The fourth-order valence-corrected chi connectivity index (χ4v) is 1.72.